The fraction of sp³-hybridized carbons (Fsp3) is 0.632. The van der Waals surface area contributed by atoms with Crippen LogP contribution in [0.5, 0.6) is 0 Å². The maximum Gasteiger partial charge on any atom is 0.337 e. The standard InChI is InChI=1S/C19H29N3O4S/c1-2-27(25,26)20-16-7-8-18(17(12-16)19(23)24)22-11-5-6-15(14-22)13-21-9-3-4-10-21/h7-8,12,15,20H,2-6,9-11,13-14H2,1H3,(H,23,24)/t15-/m1/s1. The fourth-order valence-corrected chi connectivity index (χ4v) is 4.69. The van der Waals surface area contributed by atoms with Crippen LogP contribution < -0.4 is 9.62 Å². The third-order valence-electron chi connectivity index (χ3n) is 5.46. The van der Waals surface area contributed by atoms with Gasteiger partial charge in [-0.1, -0.05) is 0 Å². The number of carbonyl (C=O) groups is 1. The molecule has 2 heterocycles. The van der Waals surface area contributed by atoms with Gasteiger partial charge in [0.25, 0.3) is 0 Å². The Bertz CT molecular complexity index is 775. The summed E-state index contributed by atoms with van der Waals surface area (Å²) in [6, 6.07) is 4.81. The molecule has 150 valence electrons. The number of piperidine rings is 1. The van der Waals surface area contributed by atoms with Gasteiger partial charge in [0.1, 0.15) is 0 Å². The maximum absolute atomic E-state index is 11.8. The number of rotatable bonds is 7. The molecule has 27 heavy (non-hydrogen) atoms. The zero-order valence-electron chi connectivity index (χ0n) is 15.9. The van der Waals surface area contributed by atoms with E-state index in [9.17, 15) is 18.3 Å². The number of anilines is 2. The van der Waals surface area contributed by atoms with Crippen LogP contribution in [0.3, 0.4) is 0 Å². The van der Waals surface area contributed by atoms with Gasteiger partial charge in [-0.25, -0.2) is 13.2 Å². The minimum atomic E-state index is -3.44. The molecule has 2 fully saturated rings. The van der Waals surface area contributed by atoms with Gasteiger partial charge in [-0.3, -0.25) is 4.72 Å². The Morgan fingerprint density at radius 1 is 1.22 bits per heavy atom. The minimum Gasteiger partial charge on any atom is -0.478 e. The fourth-order valence-electron chi connectivity index (χ4n) is 4.06. The second-order valence-electron chi connectivity index (χ2n) is 7.50. The summed E-state index contributed by atoms with van der Waals surface area (Å²) in [6.07, 6.45) is 4.76. The molecule has 1 atom stereocenters. The van der Waals surface area contributed by atoms with E-state index in [0.717, 1.165) is 26.1 Å². The summed E-state index contributed by atoms with van der Waals surface area (Å²) in [6.45, 7) is 6.64. The van der Waals surface area contributed by atoms with Crippen LogP contribution >= 0.6 is 0 Å². The molecule has 0 radical (unpaired) electrons. The molecule has 0 aliphatic carbocycles. The summed E-state index contributed by atoms with van der Waals surface area (Å²) in [5, 5.41) is 9.66. The second-order valence-corrected chi connectivity index (χ2v) is 9.52. The van der Waals surface area contributed by atoms with E-state index in [1.165, 1.54) is 38.4 Å². The number of hydrogen-bond donors (Lipinski definition) is 2. The molecule has 2 aliphatic rings. The molecule has 1 aromatic carbocycles. The van der Waals surface area contributed by atoms with Gasteiger partial charge in [-0.2, -0.15) is 0 Å². The highest BCUT2D eigenvalue weighted by Gasteiger charge is 2.26. The molecule has 0 amide bonds. The van der Waals surface area contributed by atoms with Crippen molar-refractivity contribution >= 4 is 27.4 Å². The van der Waals surface area contributed by atoms with Crippen LogP contribution in [0.15, 0.2) is 18.2 Å². The van der Waals surface area contributed by atoms with Crippen LogP contribution in [-0.2, 0) is 10.0 Å². The predicted molar refractivity (Wildman–Crippen MR) is 107 cm³/mol. The van der Waals surface area contributed by atoms with Crippen molar-refractivity contribution < 1.29 is 18.3 Å². The third-order valence-corrected chi connectivity index (χ3v) is 6.76. The highest BCUT2D eigenvalue weighted by molar-refractivity contribution is 7.92. The van der Waals surface area contributed by atoms with Crippen molar-refractivity contribution in [2.75, 3.05) is 48.1 Å². The van der Waals surface area contributed by atoms with Crippen molar-refractivity contribution in [3.8, 4) is 0 Å². The van der Waals surface area contributed by atoms with E-state index >= 15 is 0 Å². The quantitative estimate of drug-likeness (QED) is 0.737. The van der Waals surface area contributed by atoms with Gasteiger partial charge in [-0.05, 0) is 69.8 Å². The van der Waals surface area contributed by atoms with Crippen molar-refractivity contribution in [1.29, 1.82) is 0 Å². The molecular weight excluding hydrogens is 366 g/mol. The Morgan fingerprint density at radius 2 is 1.96 bits per heavy atom. The summed E-state index contributed by atoms with van der Waals surface area (Å²) in [7, 11) is -3.44. The minimum absolute atomic E-state index is 0.0541. The third kappa shape index (κ3) is 5.13. The number of hydrogen-bond acceptors (Lipinski definition) is 5. The maximum atomic E-state index is 11.8. The zero-order chi connectivity index (χ0) is 19.4. The molecule has 7 nitrogen and oxygen atoms in total. The number of carboxylic acid groups (broad SMARTS) is 1. The first-order valence-corrected chi connectivity index (χ1v) is 11.4. The number of nitrogens with zero attached hydrogens (tertiary/aromatic N) is 2. The summed E-state index contributed by atoms with van der Waals surface area (Å²) in [4.78, 5) is 16.5. The lowest BCUT2D eigenvalue weighted by atomic mass is 9.96. The molecule has 2 N–H and O–H groups in total. The smallest absolute Gasteiger partial charge is 0.337 e. The highest BCUT2D eigenvalue weighted by Crippen LogP contribution is 2.30. The van der Waals surface area contributed by atoms with Gasteiger partial charge in [0, 0.05) is 25.3 Å². The SMILES string of the molecule is CCS(=O)(=O)Nc1ccc(N2CCC[C@H](CN3CCCC3)C2)c(C(=O)O)c1. The summed E-state index contributed by atoms with van der Waals surface area (Å²) < 4.78 is 26.0. The molecule has 3 rings (SSSR count). The van der Waals surface area contributed by atoms with E-state index in [0.29, 0.717) is 17.3 Å². The second kappa shape index (κ2) is 8.48. The van der Waals surface area contributed by atoms with E-state index in [1.54, 1.807) is 19.1 Å². The van der Waals surface area contributed by atoms with Crippen LogP contribution in [-0.4, -0.2) is 62.9 Å². The average molecular weight is 396 g/mol. The van der Waals surface area contributed by atoms with Crippen LogP contribution in [0.1, 0.15) is 43.0 Å². The van der Waals surface area contributed by atoms with Crippen molar-refractivity contribution in [3.63, 3.8) is 0 Å². The van der Waals surface area contributed by atoms with Gasteiger partial charge in [0.15, 0.2) is 0 Å². The van der Waals surface area contributed by atoms with Crippen molar-refractivity contribution in [2.24, 2.45) is 5.92 Å². The Morgan fingerprint density at radius 3 is 2.63 bits per heavy atom. The summed E-state index contributed by atoms with van der Waals surface area (Å²) in [5.41, 5.74) is 1.12. The van der Waals surface area contributed by atoms with Gasteiger partial charge in [0.2, 0.25) is 10.0 Å². The van der Waals surface area contributed by atoms with Crippen LogP contribution in [0.2, 0.25) is 0 Å². The van der Waals surface area contributed by atoms with E-state index in [1.807, 2.05) is 0 Å². The Kier molecular flexibility index (Phi) is 6.26. The number of sulfonamides is 1. The lowest BCUT2D eigenvalue weighted by Crippen LogP contribution is -2.41. The van der Waals surface area contributed by atoms with E-state index in [4.69, 9.17) is 0 Å². The van der Waals surface area contributed by atoms with Crippen LogP contribution in [0, 0.1) is 5.92 Å². The van der Waals surface area contributed by atoms with E-state index in [2.05, 4.69) is 14.5 Å². The molecule has 2 aliphatic heterocycles. The molecule has 1 aromatic rings. The first kappa shape index (κ1) is 19.9. The molecule has 0 saturated carbocycles. The number of benzene rings is 1. The number of likely N-dealkylation sites (tertiary alicyclic amines) is 1. The lowest BCUT2D eigenvalue weighted by Gasteiger charge is -2.36. The number of carboxylic acids is 1. The highest BCUT2D eigenvalue weighted by atomic mass is 32.2. The average Bonchev–Trinajstić information content (AvgIpc) is 3.14. The molecule has 0 aromatic heterocycles. The zero-order valence-corrected chi connectivity index (χ0v) is 16.7. The molecule has 0 unspecified atom stereocenters. The van der Waals surface area contributed by atoms with Crippen molar-refractivity contribution in [2.45, 2.75) is 32.6 Å². The Labute approximate surface area is 161 Å². The van der Waals surface area contributed by atoms with E-state index in [-0.39, 0.29) is 11.3 Å². The monoisotopic (exact) mass is 395 g/mol. The Balaban J connectivity index is 1.76. The number of aromatic carboxylic acids is 1. The first-order valence-electron chi connectivity index (χ1n) is 9.73. The lowest BCUT2D eigenvalue weighted by molar-refractivity contribution is 0.0697. The van der Waals surface area contributed by atoms with Crippen molar-refractivity contribution in [1.82, 2.24) is 4.90 Å². The van der Waals surface area contributed by atoms with Gasteiger partial charge < -0.3 is 14.9 Å². The molecule has 2 saturated heterocycles. The summed E-state index contributed by atoms with van der Waals surface area (Å²) >= 11 is 0. The van der Waals surface area contributed by atoms with E-state index < -0.39 is 16.0 Å². The molecule has 0 bridgehead atoms. The molecule has 8 heteroatoms. The van der Waals surface area contributed by atoms with Crippen LogP contribution in [0.4, 0.5) is 11.4 Å². The number of nitrogens with one attached hydrogen (secondary N) is 1. The van der Waals surface area contributed by atoms with Crippen molar-refractivity contribution in [3.05, 3.63) is 23.8 Å². The molecular formula is C19H29N3O4S. The topological polar surface area (TPSA) is 90.0 Å². The summed E-state index contributed by atoms with van der Waals surface area (Å²) in [5.74, 6) is -0.553. The largest absolute Gasteiger partial charge is 0.478 e. The van der Waals surface area contributed by atoms with Crippen LogP contribution in [0.25, 0.3) is 0 Å². The van der Waals surface area contributed by atoms with Gasteiger partial charge >= 0.3 is 5.97 Å². The first-order chi connectivity index (χ1) is 12.9. The molecule has 0 spiro atoms. The normalized spacial score (nSPS) is 21.4. The Hall–Kier alpha value is -1.80. The van der Waals surface area contributed by atoms with Gasteiger partial charge in [0.05, 0.1) is 17.0 Å². The van der Waals surface area contributed by atoms with Gasteiger partial charge in [-0.15, -0.1) is 0 Å². The predicted octanol–water partition coefficient (Wildman–Crippen LogP) is 2.46.